The average molecular weight is 334 g/mol. The third kappa shape index (κ3) is 3.54. The second kappa shape index (κ2) is 6.97. The van der Waals surface area contributed by atoms with Gasteiger partial charge in [0.2, 0.25) is 0 Å². The van der Waals surface area contributed by atoms with Gasteiger partial charge in [0, 0.05) is 11.9 Å². The molecule has 0 radical (unpaired) electrons. The minimum absolute atomic E-state index is 0.148. The highest BCUT2D eigenvalue weighted by molar-refractivity contribution is 6.91. The van der Waals surface area contributed by atoms with Crippen LogP contribution >= 0.6 is 0 Å². The number of aromatic nitrogens is 2. The maximum atomic E-state index is 4.81. The van der Waals surface area contributed by atoms with Crippen molar-refractivity contribution in [2.24, 2.45) is 0 Å². The number of nitrogens with one attached hydrogen (secondary N) is 1. The molecule has 0 spiro atoms. The summed E-state index contributed by atoms with van der Waals surface area (Å²) in [5.41, 5.74) is 2.27. The summed E-state index contributed by atoms with van der Waals surface area (Å²) in [4.78, 5) is 9.26. The summed E-state index contributed by atoms with van der Waals surface area (Å²) in [6, 6.07) is 23.0. The largest absolute Gasteiger partial charge is 0.364 e. The van der Waals surface area contributed by atoms with Crippen LogP contribution in [-0.2, 0) is 0 Å². The maximum absolute atomic E-state index is 4.81. The highest BCUT2D eigenvalue weighted by Crippen LogP contribution is 2.27. The second-order valence-electron chi connectivity index (χ2n) is 6.58. The van der Waals surface area contributed by atoms with Crippen LogP contribution in [0, 0.1) is 6.92 Å². The van der Waals surface area contributed by atoms with Gasteiger partial charge in [-0.15, -0.1) is 0 Å². The van der Waals surface area contributed by atoms with Crippen LogP contribution in [0.1, 0.15) is 17.1 Å². The number of anilines is 1. The van der Waals surface area contributed by atoms with Crippen molar-refractivity contribution in [2.75, 3.05) is 5.32 Å². The van der Waals surface area contributed by atoms with E-state index in [0.29, 0.717) is 0 Å². The minimum Gasteiger partial charge on any atom is -0.364 e. The van der Waals surface area contributed by atoms with E-state index >= 15 is 0 Å². The molecule has 1 atom stereocenters. The van der Waals surface area contributed by atoms with E-state index in [1.54, 1.807) is 0 Å². The van der Waals surface area contributed by atoms with Gasteiger partial charge >= 0.3 is 0 Å². The fourth-order valence-corrected chi connectivity index (χ4v) is 5.77. The van der Waals surface area contributed by atoms with E-state index in [0.717, 1.165) is 17.2 Å². The molecule has 0 saturated carbocycles. The van der Waals surface area contributed by atoms with Crippen molar-refractivity contribution in [1.29, 1.82) is 0 Å². The number of benzene rings is 1. The summed E-state index contributed by atoms with van der Waals surface area (Å²) < 4.78 is 0. The third-order valence-electron chi connectivity index (χ3n) is 4.40. The lowest BCUT2D eigenvalue weighted by molar-refractivity contribution is 0.940. The van der Waals surface area contributed by atoms with Crippen LogP contribution in [0.3, 0.4) is 0 Å². The highest BCUT2D eigenvalue weighted by atomic mass is 28.3. The molecule has 0 bridgehead atoms. The fraction of sp³-hybridized carbons (Fsp3) is 0.200. The molecular formula is C20H23N3Si. The van der Waals surface area contributed by atoms with E-state index in [1.165, 1.54) is 5.19 Å². The van der Waals surface area contributed by atoms with E-state index in [9.17, 15) is 0 Å². The van der Waals surface area contributed by atoms with Gasteiger partial charge in [0.15, 0.2) is 0 Å². The predicted octanol–water partition coefficient (Wildman–Crippen LogP) is 4.09. The zero-order valence-corrected chi connectivity index (χ0v) is 15.4. The van der Waals surface area contributed by atoms with Crippen molar-refractivity contribution >= 4 is 19.1 Å². The molecule has 4 heteroatoms. The first-order valence-electron chi connectivity index (χ1n) is 8.24. The maximum Gasteiger partial charge on any atom is 0.126 e. The third-order valence-corrected chi connectivity index (χ3v) is 8.11. The van der Waals surface area contributed by atoms with Gasteiger partial charge in [-0.05, 0) is 31.2 Å². The summed E-state index contributed by atoms with van der Waals surface area (Å²) in [6.07, 6.45) is 1.82. The van der Waals surface area contributed by atoms with Gasteiger partial charge in [-0.3, -0.25) is 4.98 Å². The zero-order chi connectivity index (χ0) is 17.0. The molecule has 3 rings (SSSR count). The topological polar surface area (TPSA) is 37.8 Å². The summed E-state index contributed by atoms with van der Waals surface area (Å²) >= 11 is 0. The van der Waals surface area contributed by atoms with E-state index in [-0.39, 0.29) is 5.67 Å². The highest BCUT2D eigenvalue weighted by Gasteiger charge is 2.36. The van der Waals surface area contributed by atoms with Gasteiger partial charge in [0.25, 0.3) is 0 Å². The van der Waals surface area contributed by atoms with Crippen LogP contribution in [0.2, 0.25) is 13.1 Å². The monoisotopic (exact) mass is 333 g/mol. The first-order chi connectivity index (χ1) is 11.6. The summed E-state index contributed by atoms with van der Waals surface area (Å²) in [7, 11) is -1.87. The number of rotatable bonds is 5. The van der Waals surface area contributed by atoms with Crippen LogP contribution in [0.4, 0.5) is 5.82 Å². The number of aryl methyl sites for hydroxylation is 1. The van der Waals surface area contributed by atoms with Gasteiger partial charge in [-0.1, -0.05) is 60.7 Å². The first kappa shape index (κ1) is 16.4. The lowest BCUT2D eigenvalue weighted by Gasteiger charge is -2.34. The lowest BCUT2D eigenvalue weighted by Crippen LogP contribution is -2.51. The molecular weight excluding hydrogens is 310 g/mol. The molecule has 2 aromatic heterocycles. The Morgan fingerprint density at radius 2 is 1.62 bits per heavy atom. The minimum atomic E-state index is -1.87. The van der Waals surface area contributed by atoms with Crippen molar-refractivity contribution in [2.45, 2.75) is 25.7 Å². The van der Waals surface area contributed by atoms with Gasteiger partial charge < -0.3 is 5.32 Å². The molecule has 2 heterocycles. The van der Waals surface area contributed by atoms with Crippen molar-refractivity contribution < 1.29 is 0 Å². The molecule has 1 N–H and O–H groups in total. The molecule has 1 unspecified atom stereocenters. The lowest BCUT2D eigenvalue weighted by atomic mass is 10.3. The first-order valence-corrected chi connectivity index (χ1v) is 11.3. The quantitative estimate of drug-likeness (QED) is 0.715. The molecule has 0 aliphatic carbocycles. The van der Waals surface area contributed by atoms with Crippen LogP contribution in [0.5, 0.6) is 0 Å². The normalized spacial score (nSPS) is 12.6. The number of hydrogen-bond acceptors (Lipinski definition) is 3. The Morgan fingerprint density at radius 3 is 2.29 bits per heavy atom. The molecule has 0 saturated heterocycles. The molecule has 122 valence electrons. The van der Waals surface area contributed by atoms with Crippen LogP contribution in [0.15, 0.2) is 72.9 Å². The zero-order valence-electron chi connectivity index (χ0n) is 14.4. The molecule has 24 heavy (non-hydrogen) atoms. The van der Waals surface area contributed by atoms with E-state index < -0.39 is 8.07 Å². The second-order valence-corrected chi connectivity index (χ2v) is 11.2. The number of hydrogen-bond donors (Lipinski definition) is 1. The smallest absolute Gasteiger partial charge is 0.126 e. The molecule has 1 aromatic carbocycles. The van der Waals surface area contributed by atoms with E-state index in [4.69, 9.17) is 4.98 Å². The van der Waals surface area contributed by atoms with Crippen molar-refractivity contribution in [3.63, 3.8) is 0 Å². The molecule has 0 aliphatic heterocycles. The van der Waals surface area contributed by atoms with Crippen LogP contribution in [-0.4, -0.2) is 18.0 Å². The van der Waals surface area contributed by atoms with Crippen molar-refractivity contribution in [3.05, 3.63) is 84.3 Å². The SMILES string of the molecule is Cc1cccc(C(Nc2ccccn2)[Si](C)(C)c2ccccc2)n1. The average Bonchev–Trinajstić information content (AvgIpc) is 2.61. The number of nitrogens with zero attached hydrogens (tertiary/aromatic N) is 2. The standard InChI is InChI=1S/C20H23N3Si/c1-16-10-9-13-18(22-16)20(23-19-14-7-8-15-21-19)24(2,3)17-11-5-4-6-12-17/h4-15,20H,1-3H3,(H,21,23). The van der Waals surface area contributed by atoms with Gasteiger partial charge in [0.1, 0.15) is 13.9 Å². The molecule has 3 nitrogen and oxygen atoms in total. The Bertz CT molecular complexity index is 788. The Hall–Kier alpha value is -2.46. The van der Waals surface area contributed by atoms with Crippen molar-refractivity contribution in [1.82, 2.24) is 9.97 Å². The summed E-state index contributed by atoms with van der Waals surface area (Å²) in [6.45, 7) is 6.80. The molecule has 3 aromatic rings. The summed E-state index contributed by atoms with van der Waals surface area (Å²) in [5.74, 6) is 0.891. The van der Waals surface area contributed by atoms with Gasteiger partial charge in [-0.2, -0.15) is 0 Å². The Labute approximate surface area is 144 Å². The van der Waals surface area contributed by atoms with Crippen LogP contribution < -0.4 is 10.5 Å². The predicted molar refractivity (Wildman–Crippen MR) is 103 cm³/mol. The Morgan fingerprint density at radius 1 is 0.875 bits per heavy atom. The summed E-state index contributed by atoms with van der Waals surface area (Å²) in [5, 5.41) is 5.05. The van der Waals surface area contributed by atoms with E-state index in [2.05, 4.69) is 65.9 Å². The molecule has 0 aliphatic rings. The number of pyridine rings is 2. The Kier molecular flexibility index (Phi) is 4.76. The van der Waals surface area contributed by atoms with E-state index in [1.807, 2.05) is 37.4 Å². The van der Waals surface area contributed by atoms with Gasteiger partial charge in [0.05, 0.1) is 11.4 Å². The Balaban J connectivity index is 2.04. The fourth-order valence-electron chi connectivity index (χ4n) is 2.98. The van der Waals surface area contributed by atoms with Crippen molar-refractivity contribution in [3.8, 4) is 0 Å². The van der Waals surface area contributed by atoms with Gasteiger partial charge in [-0.25, -0.2) is 4.98 Å². The van der Waals surface area contributed by atoms with Crippen LogP contribution in [0.25, 0.3) is 0 Å². The molecule has 0 fully saturated rings. The molecule has 0 amide bonds.